The van der Waals surface area contributed by atoms with Crippen molar-refractivity contribution in [1.82, 2.24) is 5.32 Å². The second kappa shape index (κ2) is 7.04. The van der Waals surface area contributed by atoms with Crippen LogP contribution in [-0.2, 0) is 4.74 Å². The lowest BCUT2D eigenvalue weighted by atomic mass is 9.92. The van der Waals surface area contributed by atoms with Crippen LogP contribution in [0.1, 0.15) is 40.5 Å². The SMILES string of the molecule is CC(NC(=O)c1cc(Br)cc(C(=O)O)c1)C1CCOCC1. The Kier molecular flexibility index (Phi) is 5.36. The van der Waals surface area contributed by atoms with Crippen LogP contribution in [0.5, 0.6) is 0 Å². The lowest BCUT2D eigenvalue weighted by Gasteiger charge is -2.28. The number of ether oxygens (including phenoxy) is 1. The van der Waals surface area contributed by atoms with Crippen LogP contribution in [-0.4, -0.2) is 36.2 Å². The summed E-state index contributed by atoms with van der Waals surface area (Å²) in [5, 5.41) is 12.0. The van der Waals surface area contributed by atoms with Gasteiger partial charge in [0, 0.05) is 29.3 Å². The molecule has 114 valence electrons. The molecule has 0 spiro atoms. The number of hydrogen-bond donors (Lipinski definition) is 2. The molecule has 0 aromatic heterocycles. The zero-order valence-corrected chi connectivity index (χ0v) is 13.4. The van der Waals surface area contributed by atoms with Gasteiger partial charge in [-0.25, -0.2) is 4.79 Å². The average Bonchev–Trinajstić information content (AvgIpc) is 2.47. The Bertz CT molecular complexity index is 540. The van der Waals surface area contributed by atoms with Crippen molar-refractivity contribution in [3.8, 4) is 0 Å². The first-order valence-corrected chi connectivity index (χ1v) is 7.69. The zero-order valence-electron chi connectivity index (χ0n) is 11.8. The summed E-state index contributed by atoms with van der Waals surface area (Å²) in [5.41, 5.74) is 0.439. The Hall–Kier alpha value is -1.40. The number of nitrogens with one attached hydrogen (secondary N) is 1. The molecule has 1 fully saturated rings. The molecule has 5 nitrogen and oxygen atoms in total. The number of benzene rings is 1. The van der Waals surface area contributed by atoms with Gasteiger partial charge in [-0.05, 0) is 43.9 Å². The van der Waals surface area contributed by atoms with E-state index in [1.54, 1.807) is 6.07 Å². The maximum atomic E-state index is 12.3. The lowest BCUT2D eigenvalue weighted by molar-refractivity contribution is 0.0538. The van der Waals surface area contributed by atoms with Gasteiger partial charge in [0.15, 0.2) is 0 Å². The Labute approximate surface area is 131 Å². The van der Waals surface area contributed by atoms with Gasteiger partial charge >= 0.3 is 5.97 Å². The molecule has 0 aliphatic carbocycles. The lowest BCUT2D eigenvalue weighted by Crippen LogP contribution is -2.40. The van der Waals surface area contributed by atoms with E-state index in [0.717, 1.165) is 26.1 Å². The molecular weight excluding hydrogens is 338 g/mol. The van der Waals surface area contributed by atoms with Gasteiger partial charge in [-0.2, -0.15) is 0 Å². The van der Waals surface area contributed by atoms with E-state index in [4.69, 9.17) is 9.84 Å². The maximum Gasteiger partial charge on any atom is 0.335 e. The fraction of sp³-hybridized carbons (Fsp3) is 0.467. The maximum absolute atomic E-state index is 12.3. The quantitative estimate of drug-likeness (QED) is 0.870. The Morgan fingerprint density at radius 2 is 1.90 bits per heavy atom. The van der Waals surface area contributed by atoms with Crippen molar-refractivity contribution < 1.29 is 19.4 Å². The van der Waals surface area contributed by atoms with Crippen molar-refractivity contribution >= 4 is 27.8 Å². The van der Waals surface area contributed by atoms with Crippen molar-refractivity contribution in [2.24, 2.45) is 5.92 Å². The Balaban J connectivity index is 2.07. The van der Waals surface area contributed by atoms with Gasteiger partial charge in [0.25, 0.3) is 5.91 Å². The van der Waals surface area contributed by atoms with E-state index in [1.165, 1.54) is 12.1 Å². The Morgan fingerprint density at radius 3 is 2.52 bits per heavy atom. The molecule has 1 aromatic rings. The van der Waals surface area contributed by atoms with Gasteiger partial charge in [0.2, 0.25) is 0 Å². The van der Waals surface area contributed by atoms with E-state index in [2.05, 4.69) is 21.2 Å². The molecule has 1 aliphatic rings. The number of hydrogen-bond acceptors (Lipinski definition) is 3. The van der Waals surface area contributed by atoms with Crippen LogP contribution in [0.15, 0.2) is 22.7 Å². The topological polar surface area (TPSA) is 75.6 Å². The number of amides is 1. The van der Waals surface area contributed by atoms with E-state index in [-0.39, 0.29) is 17.5 Å². The predicted octanol–water partition coefficient (Wildman–Crippen LogP) is 2.69. The van der Waals surface area contributed by atoms with Crippen LogP contribution < -0.4 is 5.32 Å². The van der Waals surface area contributed by atoms with Gasteiger partial charge in [-0.15, -0.1) is 0 Å². The number of carbonyl (C=O) groups excluding carboxylic acids is 1. The monoisotopic (exact) mass is 355 g/mol. The van der Waals surface area contributed by atoms with E-state index >= 15 is 0 Å². The number of carboxylic acids is 1. The van der Waals surface area contributed by atoms with Crippen LogP contribution in [0.25, 0.3) is 0 Å². The van der Waals surface area contributed by atoms with Crippen molar-refractivity contribution in [3.05, 3.63) is 33.8 Å². The predicted molar refractivity (Wildman–Crippen MR) is 81.6 cm³/mol. The van der Waals surface area contributed by atoms with E-state index < -0.39 is 5.97 Å². The number of carbonyl (C=O) groups is 2. The van der Waals surface area contributed by atoms with Crippen LogP contribution in [0.3, 0.4) is 0 Å². The number of aromatic carboxylic acids is 1. The van der Waals surface area contributed by atoms with Crippen molar-refractivity contribution in [1.29, 1.82) is 0 Å². The molecule has 0 bridgehead atoms. The summed E-state index contributed by atoms with van der Waals surface area (Å²) in [5.74, 6) is -0.908. The summed E-state index contributed by atoms with van der Waals surface area (Å²) >= 11 is 3.23. The molecule has 1 saturated heterocycles. The summed E-state index contributed by atoms with van der Waals surface area (Å²) < 4.78 is 5.89. The third-order valence-electron chi connectivity index (χ3n) is 3.74. The third-order valence-corrected chi connectivity index (χ3v) is 4.20. The molecule has 2 rings (SSSR count). The highest BCUT2D eigenvalue weighted by Gasteiger charge is 2.22. The smallest absolute Gasteiger partial charge is 0.335 e. The van der Waals surface area contributed by atoms with Gasteiger partial charge in [0.1, 0.15) is 0 Å². The first-order valence-electron chi connectivity index (χ1n) is 6.90. The largest absolute Gasteiger partial charge is 0.478 e. The van der Waals surface area contributed by atoms with Gasteiger partial charge in [-0.1, -0.05) is 15.9 Å². The van der Waals surface area contributed by atoms with Crippen LogP contribution >= 0.6 is 15.9 Å². The molecule has 2 N–H and O–H groups in total. The van der Waals surface area contributed by atoms with Gasteiger partial charge in [-0.3, -0.25) is 4.79 Å². The highest BCUT2D eigenvalue weighted by Crippen LogP contribution is 2.20. The highest BCUT2D eigenvalue weighted by molar-refractivity contribution is 9.10. The second-order valence-corrected chi connectivity index (χ2v) is 6.16. The van der Waals surface area contributed by atoms with Crippen molar-refractivity contribution in [2.75, 3.05) is 13.2 Å². The average molecular weight is 356 g/mol. The van der Waals surface area contributed by atoms with Crippen LogP contribution in [0.4, 0.5) is 0 Å². The summed E-state index contributed by atoms with van der Waals surface area (Å²) in [6.45, 7) is 3.43. The minimum Gasteiger partial charge on any atom is -0.478 e. The van der Waals surface area contributed by atoms with Gasteiger partial charge in [0.05, 0.1) is 5.56 Å². The second-order valence-electron chi connectivity index (χ2n) is 5.25. The van der Waals surface area contributed by atoms with Crippen molar-refractivity contribution in [2.45, 2.75) is 25.8 Å². The number of rotatable bonds is 4. The molecule has 1 heterocycles. The third kappa shape index (κ3) is 4.28. The zero-order chi connectivity index (χ0) is 15.4. The first kappa shape index (κ1) is 16.0. The van der Waals surface area contributed by atoms with E-state index in [1.807, 2.05) is 6.92 Å². The molecule has 0 radical (unpaired) electrons. The molecule has 1 aliphatic heterocycles. The summed E-state index contributed by atoms with van der Waals surface area (Å²) in [7, 11) is 0. The van der Waals surface area contributed by atoms with E-state index in [0.29, 0.717) is 16.0 Å². The summed E-state index contributed by atoms with van der Waals surface area (Å²) in [4.78, 5) is 23.3. The first-order chi connectivity index (χ1) is 9.97. The number of halogens is 1. The van der Waals surface area contributed by atoms with Gasteiger partial charge < -0.3 is 15.2 Å². The molecule has 1 aromatic carbocycles. The molecule has 6 heteroatoms. The summed E-state index contributed by atoms with van der Waals surface area (Å²) in [6.07, 6.45) is 1.86. The standard InChI is InChI=1S/C15H18BrNO4/c1-9(10-2-4-21-5-3-10)17-14(18)11-6-12(15(19)20)8-13(16)7-11/h6-10H,2-5H2,1H3,(H,17,18)(H,19,20). The fourth-order valence-electron chi connectivity index (χ4n) is 2.47. The highest BCUT2D eigenvalue weighted by atomic mass is 79.9. The normalized spacial score (nSPS) is 17.2. The van der Waals surface area contributed by atoms with Crippen molar-refractivity contribution in [3.63, 3.8) is 0 Å². The summed E-state index contributed by atoms with van der Waals surface area (Å²) in [6, 6.07) is 4.52. The minimum absolute atomic E-state index is 0.0358. The fourth-order valence-corrected chi connectivity index (χ4v) is 2.96. The molecule has 0 saturated carbocycles. The number of carboxylic acid groups (broad SMARTS) is 1. The molecule has 1 atom stereocenters. The molecule has 21 heavy (non-hydrogen) atoms. The molecule has 1 amide bonds. The Morgan fingerprint density at radius 1 is 1.29 bits per heavy atom. The molecular formula is C15H18BrNO4. The van der Waals surface area contributed by atoms with E-state index in [9.17, 15) is 9.59 Å². The van der Waals surface area contributed by atoms with Crippen LogP contribution in [0.2, 0.25) is 0 Å². The van der Waals surface area contributed by atoms with Crippen LogP contribution in [0, 0.1) is 5.92 Å². The molecule has 1 unspecified atom stereocenters. The minimum atomic E-state index is -1.05.